The third-order valence-corrected chi connectivity index (χ3v) is 4.67. The van der Waals surface area contributed by atoms with Crippen LogP contribution >= 0.6 is 12.4 Å². The van der Waals surface area contributed by atoms with Gasteiger partial charge in [-0.2, -0.15) is 0 Å². The zero-order chi connectivity index (χ0) is 17.6. The van der Waals surface area contributed by atoms with Gasteiger partial charge in [0.05, 0.1) is 19.3 Å². The standard InChI is InChI=1S/C18H25N5O2.ClH/c1-22(12-9-14-5-3-4-6-17(14)25-2)18(24)16-13-23(21-20-16)15-7-10-19-11-8-15;/h3-6,13,15,19H,7-12H2,1-2H3;1H. The van der Waals surface area contributed by atoms with Crippen molar-refractivity contribution >= 4 is 18.3 Å². The zero-order valence-electron chi connectivity index (χ0n) is 15.2. The summed E-state index contributed by atoms with van der Waals surface area (Å²) in [6.07, 6.45) is 4.54. The summed E-state index contributed by atoms with van der Waals surface area (Å²) in [5.41, 5.74) is 1.49. The van der Waals surface area contributed by atoms with E-state index in [4.69, 9.17) is 4.74 Å². The average molecular weight is 380 g/mol. The van der Waals surface area contributed by atoms with Crippen LogP contribution in [-0.4, -0.2) is 59.6 Å². The number of aromatic nitrogens is 3. The maximum atomic E-state index is 12.6. The summed E-state index contributed by atoms with van der Waals surface area (Å²) in [6.45, 7) is 2.55. The van der Waals surface area contributed by atoms with Gasteiger partial charge in [0, 0.05) is 13.6 Å². The summed E-state index contributed by atoms with van der Waals surface area (Å²) in [5, 5.41) is 11.6. The molecule has 7 nitrogen and oxygen atoms in total. The van der Waals surface area contributed by atoms with Gasteiger partial charge < -0.3 is 15.0 Å². The molecule has 142 valence electrons. The second kappa shape index (κ2) is 9.54. The Balaban J connectivity index is 0.00000243. The quantitative estimate of drug-likeness (QED) is 0.830. The number of piperidine rings is 1. The van der Waals surface area contributed by atoms with E-state index in [1.54, 1.807) is 25.3 Å². The molecule has 0 spiro atoms. The number of rotatable bonds is 6. The van der Waals surface area contributed by atoms with E-state index in [0.29, 0.717) is 18.3 Å². The number of hydrogen-bond donors (Lipinski definition) is 1. The molecule has 1 fully saturated rings. The number of nitrogens with zero attached hydrogens (tertiary/aromatic N) is 4. The number of halogens is 1. The highest BCUT2D eigenvalue weighted by atomic mass is 35.5. The Morgan fingerprint density at radius 1 is 1.35 bits per heavy atom. The fraction of sp³-hybridized carbons (Fsp3) is 0.500. The van der Waals surface area contributed by atoms with Crippen molar-refractivity contribution in [1.29, 1.82) is 0 Å². The summed E-state index contributed by atoms with van der Waals surface area (Å²) < 4.78 is 7.19. The number of amides is 1. The van der Waals surface area contributed by atoms with Gasteiger partial charge in [0.25, 0.3) is 5.91 Å². The number of nitrogens with one attached hydrogen (secondary N) is 1. The molecule has 0 bridgehead atoms. The fourth-order valence-corrected chi connectivity index (χ4v) is 3.12. The van der Waals surface area contributed by atoms with E-state index in [0.717, 1.165) is 43.7 Å². The number of carbonyl (C=O) groups is 1. The van der Waals surface area contributed by atoms with Gasteiger partial charge in [-0.1, -0.05) is 23.4 Å². The van der Waals surface area contributed by atoms with Crippen molar-refractivity contribution in [2.45, 2.75) is 25.3 Å². The molecule has 1 aliphatic heterocycles. The second-order valence-electron chi connectivity index (χ2n) is 6.35. The molecule has 0 saturated carbocycles. The minimum Gasteiger partial charge on any atom is -0.496 e. The van der Waals surface area contributed by atoms with E-state index >= 15 is 0 Å². The van der Waals surface area contributed by atoms with Crippen molar-refractivity contribution in [3.05, 3.63) is 41.7 Å². The first-order valence-corrected chi connectivity index (χ1v) is 8.69. The van der Waals surface area contributed by atoms with Gasteiger partial charge in [-0.25, -0.2) is 4.68 Å². The smallest absolute Gasteiger partial charge is 0.275 e. The molecule has 1 saturated heterocycles. The average Bonchev–Trinajstić information content (AvgIpc) is 3.16. The molecule has 2 aromatic rings. The molecule has 0 aliphatic carbocycles. The lowest BCUT2D eigenvalue weighted by Crippen LogP contribution is -2.30. The van der Waals surface area contributed by atoms with Crippen LogP contribution in [0, 0.1) is 0 Å². The van der Waals surface area contributed by atoms with Gasteiger partial charge >= 0.3 is 0 Å². The number of para-hydroxylation sites is 1. The van der Waals surface area contributed by atoms with Crippen LogP contribution in [-0.2, 0) is 6.42 Å². The van der Waals surface area contributed by atoms with Crippen molar-refractivity contribution in [1.82, 2.24) is 25.2 Å². The molecule has 0 atom stereocenters. The number of hydrogen-bond acceptors (Lipinski definition) is 5. The van der Waals surface area contributed by atoms with Crippen LogP contribution in [0.15, 0.2) is 30.5 Å². The molecular formula is C18H26ClN5O2. The largest absolute Gasteiger partial charge is 0.496 e. The molecule has 1 aromatic carbocycles. The van der Waals surface area contributed by atoms with E-state index in [-0.39, 0.29) is 18.3 Å². The third kappa shape index (κ3) is 4.74. The Bertz CT molecular complexity index is 715. The first-order chi connectivity index (χ1) is 12.2. The maximum absolute atomic E-state index is 12.6. The van der Waals surface area contributed by atoms with E-state index < -0.39 is 0 Å². The van der Waals surface area contributed by atoms with Crippen LogP contribution in [0.2, 0.25) is 0 Å². The molecule has 1 amide bonds. The van der Waals surface area contributed by atoms with E-state index in [1.165, 1.54) is 0 Å². The Hall–Kier alpha value is -2.12. The second-order valence-corrected chi connectivity index (χ2v) is 6.35. The number of methoxy groups -OCH3 is 1. The van der Waals surface area contributed by atoms with Gasteiger partial charge in [0.1, 0.15) is 5.75 Å². The fourth-order valence-electron chi connectivity index (χ4n) is 3.12. The minimum absolute atomic E-state index is 0. The molecule has 1 N–H and O–H groups in total. The highest BCUT2D eigenvalue weighted by Gasteiger charge is 2.20. The molecule has 2 heterocycles. The highest BCUT2D eigenvalue weighted by Crippen LogP contribution is 2.19. The van der Waals surface area contributed by atoms with Crippen LogP contribution in [0.5, 0.6) is 5.75 Å². The van der Waals surface area contributed by atoms with Gasteiger partial charge in [-0.3, -0.25) is 4.79 Å². The SMILES string of the molecule is COc1ccccc1CCN(C)C(=O)c1cn(C2CCNCC2)nn1.Cl. The summed E-state index contributed by atoms with van der Waals surface area (Å²) in [7, 11) is 3.45. The molecule has 3 rings (SSSR count). The van der Waals surface area contributed by atoms with E-state index in [2.05, 4.69) is 15.6 Å². The molecule has 8 heteroatoms. The van der Waals surface area contributed by atoms with E-state index in [1.807, 2.05) is 28.9 Å². The number of likely N-dealkylation sites (N-methyl/N-ethyl adjacent to an activating group) is 1. The summed E-state index contributed by atoms with van der Waals surface area (Å²) in [4.78, 5) is 14.3. The lowest BCUT2D eigenvalue weighted by Gasteiger charge is -2.22. The molecule has 0 radical (unpaired) electrons. The summed E-state index contributed by atoms with van der Waals surface area (Å²) in [5.74, 6) is 0.746. The normalized spacial score (nSPS) is 14.5. The maximum Gasteiger partial charge on any atom is 0.275 e. The van der Waals surface area contributed by atoms with Crippen molar-refractivity contribution < 1.29 is 9.53 Å². The molecule has 1 aliphatic rings. The van der Waals surface area contributed by atoms with Crippen molar-refractivity contribution in [2.75, 3.05) is 33.8 Å². The van der Waals surface area contributed by atoms with Gasteiger partial charge in [0.2, 0.25) is 0 Å². The highest BCUT2D eigenvalue weighted by molar-refractivity contribution is 5.91. The van der Waals surface area contributed by atoms with E-state index in [9.17, 15) is 4.79 Å². The number of benzene rings is 1. The topological polar surface area (TPSA) is 72.3 Å². The zero-order valence-corrected chi connectivity index (χ0v) is 16.0. The van der Waals surface area contributed by atoms with Crippen LogP contribution in [0.3, 0.4) is 0 Å². The third-order valence-electron chi connectivity index (χ3n) is 4.67. The Morgan fingerprint density at radius 3 is 2.81 bits per heavy atom. The summed E-state index contributed by atoms with van der Waals surface area (Å²) >= 11 is 0. The van der Waals surface area contributed by atoms with Crippen LogP contribution in [0.25, 0.3) is 0 Å². The Labute approximate surface area is 160 Å². The molecule has 0 unspecified atom stereocenters. The van der Waals surface area contributed by atoms with Crippen LogP contribution in [0.4, 0.5) is 0 Å². The lowest BCUT2D eigenvalue weighted by atomic mass is 10.1. The van der Waals surface area contributed by atoms with Gasteiger partial charge in [-0.15, -0.1) is 17.5 Å². The Morgan fingerprint density at radius 2 is 2.08 bits per heavy atom. The first-order valence-electron chi connectivity index (χ1n) is 8.69. The molecule has 26 heavy (non-hydrogen) atoms. The van der Waals surface area contributed by atoms with Gasteiger partial charge in [-0.05, 0) is 44.0 Å². The molecule has 1 aromatic heterocycles. The molecular weight excluding hydrogens is 354 g/mol. The van der Waals surface area contributed by atoms with Crippen LogP contribution in [0.1, 0.15) is 34.9 Å². The van der Waals surface area contributed by atoms with Crippen molar-refractivity contribution in [3.63, 3.8) is 0 Å². The van der Waals surface area contributed by atoms with Gasteiger partial charge in [0.15, 0.2) is 5.69 Å². The first kappa shape index (κ1) is 20.2. The van der Waals surface area contributed by atoms with Crippen molar-refractivity contribution in [3.8, 4) is 5.75 Å². The Kier molecular flexibility index (Phi) is 7.41. The number of ether oxygens (including phenoxy) is 1. The predicted molar refractivity (Wildman–Crippen MR) is 102 cm³/mol. The number of carbonyl (C=O) groups excluding carboxylic acids is 1. The lowest BCUT2D eigenvalue weighted by molar-refractivity contribution is 0.0790. The monoisotopic (exact) mass is 379 g/mol. The van der Waals surface area contributed by atoms with Crippen LogP contribution < -0.4 is 10.1 Å². The predicted octanol–water partition coefficient (Wildman–Crippen LogP) is 1.95. The minimum atomic E-state index is -0.102. The summed E-state index contributed by atoms with van der Waals surface area (Å²) in [6, 6.07) is 8.20. The van der Waals surface area contributed by atoms with Crippen molar-refractivity contribution in [2.24, 2.45) is 0 Å².